The van der Waals surface area contributed by atoms with Gasteiger partial charge < -0.3 is 9.84 Å². The van der Waals surface area contributed by atoms with E-state index in [2.05, 4.69) is 4.74 Å². The molecule has 0 bridgehead atoms. The Morgan fingerprint density at radius 2 is 2.60 bits per heavy atom. The molecule has 10 heavy (non-hydrogen) atoms. The number of amides is 1. The molecule has 0 aromatic rings. The Kier molecular flexibility index (Phi) is 2.11. The maximum atomic E-state index is 10.8. The van der Waals surface area contributed by atoms with Crippen LogP contribution in [0.5, 0.6) is 0 Å². The molecule has 4 heteroatoms. The molecule has 58 valence electrons. The summed E-state index contributed by atoms with van der Waals surface area (Å²) in [6.07, 6.45) is -0.318. The number of carbonyl (C=O) groups excluding carboxylic acids is 1. The van der Waals surface area contributed by atoms with Gasteiger partial charge in [-0.1, -0.05) is 0 Å². The number of likely N-dealkylation sites (N-methyl/N-ethyl adjacent to an activating group) is 1. The fourth-order valence-electron chi connectivity index (χ4n) is 1.03. The summed E-state index contributed by atoms with van der Waals surface area (Å²) in [5.41, 5.74) is 0. The Balaban J connectivity index is 2.54. The number of aliphatic hydroxyl groups is 1. The molecular weight excluding hydrogens is 134 g/mol. The second-order valence-corrected chi connectivity index (χ2v) is 2.20. The fraction of sp³-hybridized carbons (Fsp3) is 0.833. The lowest BCUT2D eigenvalue weighted by atomic mass is 10.3. The van der Waals surface area contributed by atoms with Crippen LogP contribution in [0.4, 0.5) is 4.79 Å². The molecule has 0 spiro atoms. The number of carbonyl (C=O) groups is 1. The van der Waals surface area contributed by atoms with Crippen molar-refractivity contribution in [3.8, 4) is 0 Å². The molecule has 0 radical (unpaired) electrons. The van der Waals surface area contributed by atoms with Crippen LogP contribution in [0.3, 0.4) is 0 Å². The Morgan fingerprint density at radius 3 is 3.00 bits per heavy atom. The molecule has 0 aromatic heterocycles. The van der Waals surface area contributed by atoms with E-state index in [-0.39, 0.29) is 18.7 Å². The predicted molar refractivity (Wildman–Crippen MR) is 34.6 cm³/mol. The third-order valence-electron chi connectivity index (χ3n) is 1.63. The second kappa shape index (κ2) is 2.88. The summed E-state index contributed by atoms with van der Waals surface area (Å²) >= 11 is 0. The molecule has 0 saturated carbocycles. The normalized spacial score (nSPS) is 25.2. The van der Waals surface area contributed by atoms with E-state index in [0.717, 1.165) is 0 Å². The van der Waals surface area contributed by atoms with Crippen molar-refractivity contribution >= 4 is 6.09 Å². The van der Waals surface area contributed by atoms with Gasteiger partial charge in [0.05, 0.1) is 12.6 Å². The summed E-state index contributed by atoms with van der Waals surface area (Å²) in [5.74, 6) is 0. The van der Waals surface area contributed by atoms with E-state index < -0.39 is 0 Å². The molecule has 1 heterocycles. The molecular formula is C6H11NO3. The summed E-state index contributed by atoms with van der Waals surface area (Å²) in [7, 11) is 0. The lowest BCUT2D eigenvalue weighted by molar-refractivity contribution is 0.156. The summed E-state index contributed by atoms with van der Waals surface area (Å²) in [6, 6.07) is -0.127. The minimum Gasteiger partial charge on any atom is -0.447 e. The first-order valence-corrected chi connectivity index (χ1v) is 3.33. The fourth-order valence-corrected chi connectivity index (χ4v) is 1.03. The summed E-state index contributed by atoms with van der Waals surface area (Å²) in [6.45, 7) is 2.77. The van der Waals surface area contributed by atoms with Crippen molar-refractivity contribution in [2.75, 3.05) is 19.8 Å². The zero-order chi connectivity index (χ0) is 7.56. The van der Waals surface area contributed by atoms with Crippen LogP contribution in [0.2, 0.25) is 0 Å². The van der Waals surface area contributed by atoms with E-state index >= 15 is 0 Å². The largest absolute Gasteiger partial charge is 0.447 e. The van der Waals surface area contributed by atoms with Gasteiger partial charge >= 0.3 is 6.09 Å². The van der Waals surface area contributed by atoms with Crippen molar-refractivity contribution in [3.05, 3.63) is 0 Å². The summed E-state index contributed by atoms with van der Waals surface area (Å²) in [4.78, 5) is 12.3. The SMILES string of the molecule is CCN1C(=O)OCC1CO. The number of nitrogens with zero attached hydrogens (tertiary/aromatic N) is 1. The lowest BCUT2D eigenvalue weighted by Gasteiger charge is -2.16. The van der Waals surface area contributed by atoms with E-state index in [9.17, 15) is 4.79 Å². The first-order valence-electron chi connectivity index (χ1n) is 3.33. The summed E-state index contributed by atoms with van der Waals surface area (Å²) < 4.78 is 4.69. The van der Waals surface area contributed by atoms with Gasteiger partial charge in [-0.25, -0.2) is 4.79 Å². The number of hydrogen-bond acceptors (Lipinski definition) is 3. The average Bonchev–Trinajstić information content (AvgIpc) is 2.30. The minimum absolute atomic E-state index is 0.0143. The van der Waals surface area contributed by atoms with Crippen molar-refractivity contribution < 1.29 is 14.6 Å². The molecule has 0 aromatic carbocycles. The molecule has 1 rings (SSSR count). The Bertz CT molecular complexity index is 137. The first-order chi connectivity index (χ1) is 4.79. The number of hydrogen-bond donors (Lipinski definition) is 1. The molecule has 1 aliphatic heterocycles. The van der Waals surface area contributed by atoms with E-state index in [4.69, 9.17) is 5.11 Å². The van der Waals surface area contributed by atoms with Gasteiger partial charge in [0, 0.05) is 6.54 Å². The Hall–Kier alpha value is -0.770. The van der Waals surface area contributed by atoms with Crippen molar-refractivity contribution in [2.24, 2.45) is 0 Å². The first kappa shape index (κ1) is 7.34. The van der Waals surface area contributed by atoms with E-state index in [1.54, 1.807) is 0 Å². The van der Waals surface area contributed by atoms with Gasteiger partial charge in [-0.05, 0) is 6.92 Å². The van der Waals surface area contributed by atoms with Crippen molar-refractivity contribution in [1.29, 1.82) is 0 Å². The van der Waals surface area contributed by atoms with Crippen molar-refractivity contribution in [3.63, 3.8) is 0 Å². The molecule has 1 atom stereocenters. The van der Waals surface area contributed by atoms with Crippen LogP contribution in [-0.4, -0.2) is 41.9 Å². The van der Waals surface area contributed by atoms with Crippen LogP contribution in [0.15, 0.2) is 0 Å². The van der Waals surface area contributed by atoms with E-state index in [0.29, 0.717) is 13.2 Å². The van der Waals surface area contributed by atoms with Crippen LogP contribution in [0, 0.1) is 0 Å². The van der Waals surface area contributed by atoms with Crippen LogP contribution in [-0.2, 0) is 4.74 Å². The third kappa shape index (κ3) is 1.07. The Labute approximate surface area is 59.4 Å². The van der Waals surface area contributed by atoms with Crippen LogP contribution in [0.1, 0.15) is 6.92 Å². The quantitative estimate of drug-likeness (QED) is 0.586. The van der Waals surface area contributed by atoms with Crippen LogP contribution >= 0.6 is 0 Å². The van der Waals surface area contributed by atoms with Gasteiger partial charge in [-0.15, -0.1) is 0 Å². The number of rotatable bonds is 2. The Morgan fingerprint density at radius 1 is 1.90 bits per heavy atom. The van der Waals surface area contributed by atoms with Gasteiger partial charge in [-0.3, -0.25) is 4.90 Å². The van der Waals surface area contributed by atoms with Crippen LogP contribution < -0.4 is 0 Å². The van der Waals surface area contributed by atoms with E-state index in [1.165, 1.54) is 4.90 Å². The maximum Gasteiger partial charge on any atom is 0.410 e. The maximum absolute atomic E-state index is 10.8. The third-order valence-corrected chi connectivity index (χ3v) is 1.63. The van der Waals surface area contributed by atoms with Crippen molar-refractivity contribution in [2.45, 2.75) is 13.0 Å². The number of ether oxygens (including phenoxy) is 1. The van der Waals surface area contributed by atoms with Crippen LogP contribution in [0.25, 0.3) is 0 Å². The summed E-state index contributed by atoms with van der Waals surface area (Å²) in [5, 5.41) is 8.71. The molecule has 1 N–H and O–H groups in total. The predicted octanol–water partition coefficient (Wildman–Crippen LogP) is -0.181. The highest BCUT2D eigenvalue weighted by molar-refractivity contribution is 5.69. The topological polar surface area (TPSA) is 49.8 Å². The second-order valence-electron chi connectivity index (χ2n) is 2.20. The number of aliphatic hydroxyl groups excluding tert-OH is 1. The molecule has 1 unspecified atom stereocenters. The van der Waals surface area contributed by atoms with Gasteiger partial charge in [0.2, 0.25) is 0 Å². The molecule has 1 saturated heterocycles. The minimum atomic E-state index is -0.318. The monoisotopic (exact) mass is 145 g/mol. The number of cyclic esters (lactones) is 1. The zero-order valence-electron chi connectivity index (χ0n) is 5.91. The smallest absolute Gasteiger partial charge is 0.410 e. The standard InChI is InChI=1S/C6H11NO3/c1-2-7-5(3-8)4-10-6(7)9/h5,8H,2-4H2,1H3. The highest BCUT2D eigenvalue weighted by Crippen LogP contribution is 2.10. The highest BCUT2D eigenvalue weighted by atomic mass is 16.6. The van der Waals surface area contributed by atoms with E-state index in [1.807, 2.05) is 6.92 Å². The van der Waals surface area contributed by atoms with Gasteiger partial charge in [0.1, 0.15) is 6.61 Å². The molecule has 1 fully saturated rings. The van der Waals surface area contributed by atoms with Crippen molar-refractivity contribution in [1.82, 2.24) is 4.90 Å². The average molecular weight is 145 g/mol. The molecule has 1 amide bonds. The zero-order valence-corrected chi connectivity index (χ0v) is 5.91. The molecule has 0 aliphatic carbocycles. The lowest BCUT2D eigenvalue weighted by Crippen LogP contribution is -2.35. The van der Waals surface area contributed by atoms with Gasteiger partial charge in [0.15, 0.2) is 0 Å². The van der Waals surface area contributed by atoms with Gasteiger partial charge in [0.25, 0.3) is 0 Å². The highest BCUT2D eigenvalue weighted by Gasteiger charge is 2.30. The molecule has 4 nitrogen and oxygen atoms in total. The molecule has 1 aliphatic rings. The van der Waals surface area contributed by atoms with Gasteiger partial charge in [-0.2, -0.15) is 0 Å².